The molecule has 2 heterocycles. The van der Waals surface area contributed by atoms with E-state index in [0.29, 0.717) is 5.82 Å². The van der Waals surface area contributed by atoms with Gasteiger partial charge in [0.15, 0.2) is 0 Å². The zero-order valence-electron chi connectivity index (χ0n) is 8.73. The van der Waals surface area contributed by atoms with Gasteiger partial charge in [-0.15, -0.1) is 0 Å². The Kier molecular flexibility index (Phi) is 3.27. The predicted octanol–water partition coefficient (Wildman–Crippen LogP) is 0.624. The van der Waals surface area contributed by atoms with E-state index in [0.717, 1.165) is 36.0 Å². The van der Waals surface area contributed by atoms with Crippen molar-refractivity contribution in [3.8, 4) is 0 Å². The Morgan fingerprint density at radius 1 is 1.40 bits per heavy atom. The van der Waals surface area contributed by atoms with Crippen molar-refractivity contribution in [3.05, 3.63) is 11.9 Å². The summed E-state index contributed by atoms with van der Waals surface area (Å²) in [5.41, 5.74) is 3.61. The smallest absolute Gasteiger partial charge is 0.148 e. The number of nitrogen functional groups attached to an aromatic ring is 1. The van der Waals surface area contributed by atoms with Crippen LogP contribution in [0.5, 0.6) is 0 Å². The van der Waals surface area contributed by atoms with Crippen molar-refractivity contribution < 1.29 is 0 Å². The standard InChI is InChI=1S/C9H15N5S/c1-7-8(13-10)11-6-12-9(7)14-2-4-15-5-3-14/h6H,2-5,10H2,1H3,(H,11,12,13). The summed E-state index contributed by atoms with van der Waals surface area (Å²) in [7, 11) is 0. The summed E-state index contributed by atoms with van der Waals surface area (Å²) in [5, 5.41) is 0. The lowest BCUT2D eigenvalue weighted by molar-refractivity contribution is 0.829. The van der Waals surface area contributed by atoms with Crippen LogP contribution >= 0.6 is 11.8 Å². The molecule has 0 spiro atoms. The van der Waals surface area contributed by atoms with Crippen molar-refractivity contribution in [3.63, 3.8) is 0 Å². The van der Waals surface area contributed by atoms with Crippen molar-refractivity contribution in [2.45, 2.75) is 6.92 Å². The molecular formula is C9H15N5S. The third-order valence-corrected chi connectivity index (χ3v) is 3.45. The third-order valence-electron chi connectivity index (χ3n) is 2.50. The fraction of sp³-hybridized carbons (Fsp3) is 0.556. The van der Waals surface area contributed by atoms with E-state index in [1.165, 1.54) is 0 Å². The van der Waals surface area contributed by atoms with Crippen molar-refractivity contribution in [2.24, 2.45) is 5.84 Å². The van der Waals surface area contributed by atoms with Gasteiger partial charge in [0.25, 0.3) is 0 Å². The summed E-state index contributed by atoms with van der Waals surface area (Å²) in [6.45, 7) is 4.09. The molecule has 0 atom stereocenters. The Balaban J connectivity index is 2.26. The molecule has 2 rings (SSSR count). The molecule has 1 aromatic rings. The van der Waals surface area contributed by atoms with Gasteiger partial charge < -0.3 is 10.3 Å². The minimum Gasteiger partial charge on any atom is -0.355 e. The SMILES string of the molecule is Cc1c(NN)ncnc1N1CCSCC1. The van der Waals surface area contributed by atoms with Crippen LogP contribution in [0.25, 0.3) is 0 Å². The molecule has 15 heavy (non-hydrogen) atoms. The molecule has 0 radical (unpaired) electrons. The van der Waals surface area contributed by atoms with Crippen LogP contribution in [0.2, 0.25) is 0 Å². The van der Waals surface area contributed by atoms with Crippen LogP contribution in [-0.2, 0) is 0 Å². The number of thioether (sulfide) groups is 1. The summed E-state index contributed by atoms with van der Waals surface area (Å²) < 4.78 is 0. The number of anilines is 2. The van der Waals surface area contributed by atoms with Crippen LogP contribution in [0, 0.1) is 6.92 Å². The highest BCUT2D eigenvalue weighted by atomic mass is 32.2. The molecule has 1 fully saturated rings. The molecule has 0 unspecified atom stereocenters. The lowest BCUT2D eigenvalue weighted by atomic mass is 10.3. The maximum atomic E-state index is 5.39. The summed E-state index contributed by atoms with van der Waals surface area (Å²) in [6, 6.07) is 0. The summed E-state index contributed by atoms with van der Waals surface area (Å²) in [5.74, 6) is 9.41. The summed E-state index contributed by atoms with van der Waals surface area (Å²) in [6.07, 6.45) is 1.55. The van der Waals surface area contributed by atoms with E-state index in [2.05, 4.69) is 20.3 Å². The molecule has 0 saturated carbocycles. The van der Waals surface area contributed by atoms with Gasteiger partial charge in [0, 0.05) is 30.2 Å². The second kappa shape index (κ2) is 4.67. The van der Waals surface area contributed by atoms with Crippen LogP contribution < -0.4 is 16.2 Å². The topological polar surface area (TPSA) is 67.1 Å². The maximum absolute atomic E-state index is 5.39. The summed E-state index contributed by atoms with van der Waals surface area (Å²) in [4.78, 5) is 10.7. The van der Waals surface area contributed by atoms with Crippen molar-refractivity contribution in [1.82, 2.24) is 9.97 Å². The van der Waals surface area contributed by atoms with Crippen LogP contribution in [-0.4, -0.2) is 34.6 Å². The van der Waals surface area contributed by atoms with Crippen molar-refractivity contribution in [2.75, 3.05) is 34.9 Å². The predicted molar refractivity (Wildman–Crippen MR) is 64.1 cm³/mol. The second-order valence-electron chi connectivity index (χ2n) is 3.41. The van der Waals surface area contributed by atoms with E-state index in [1.807, 2.05) is 18.7 Å². The van der Waals surface area contributed by atoms with Crippen LogP contribution in [0.3, 0.4) is 0 Å². The Hall–Kier alpha value is -1.01. The first-order chi connectivity index (χ1) is 7.33. The van der Waals surface area contributed by atoms with Gasteiger partial charge in [-0.05, 0) is 6.92 Å². The van der Waals surface area contributed by atoms with Gasteiger partial charge in [0.1, 0.15) is 18.0 Å². The molecule has 3 N–H and O–H groups in total. The lowest BCUT2D eigenvalue weighted by Crippen LogP contribution is -2.34. The fourth-order valence-electron chi connectivity index (χ4n) is 1.68. The fourth-order valence-corrected chi connectivity index (χ4v) is 2.58. The van der Waals surface area contributed by atoms with Gasteiger partial charge in [-0.2, -0.15) is 11.8 Å². The van der Waals surface area contributed by atoms with Gasteiger partial charge in [-0.1, -0.05) is 0 Å². The molecule has 1 aliphatic rings. The van der Waals surface area contributed by atoms with Gasteiger partial charge in [0.2, 0.25) is 0 Å². The first kappa shape index (κ1) is 10.5. The van der Waals surface area contributed by atoms with E-state index < -0.39 is 0 Å². The highest BCUT2D eigenvalue weighted by Crippen LogP contribution is 2.23. The number of hydrogen-bond donors (Lipinski definition) is 2. The third kappa shape index (κ3) is 2.15. The van der Waals surface area contributed by atoms with Crippen LogP contribution in [0.1, 0.15) is 5.56 Å². The molecule has 6 heteroatoms. The molecule has 1 aromatic heterocycles. The Bertz CT molecular complexity index is 337. The van der Waals surface area contributed by atoms with Crippen LogP contribution in [0.4, 0.5) is 11.6 Å². The van der Waals surface area contributed by atoms with E-state index in [-0.39, 0.29) is 0 Å². The van der Waals surface area contributed by atoms with Crippen molar-refractivity contribution in [1.29, 1.82) is 0 Å². The Labute approximate surface area is 93.4 Å². The molecule has 0 aromatic carbocycles. The summed E-state index contributed by atoms with van der Waals surface area (Å²) >= 11 is 1.98. The largest absolute Gasteiger partial charge is 0.355 e. The van der Waals surface area contributed by atoms with E-state index in [4.69, 9.17) is 5.84 Å². The van der Waals surface area contributed by atoms with Gasteiger partial charge >= 0.3 is 0 Å². The Morgan fingerprint density at radius 3 is 2.80 bits per heavy atom. The van der Waals surface area contributed by atoms with E-state index >= 15 is 0 Å². The molecule has 5 nitrogen and oxygen atoms in total. The normalized spacial score (nSPS) is 16.5. The van der Waals surface area contributed by atoms with Gasteiger partial charge in [-0.3, -0.25) is 0 Å². The minimum atomic E-state index is 0.707. The number of nitrogens with two attached hydrogens (primary N) is 1. The van der Waals surface area contributed by atoms with E-state index in [1.54, 1.807) is 6.33 Å². The number of nitrogens with one attached hydrogen (secondary N) is 1. The van der Waals surface area contributed by atoms with Crippen LogP contribution in [0.15, 0.2) is 6.33 Å². The number of nitrogens with zero attached hydrogens (tertiary/aromatic N) is 3. The first-order valence-electron chi connectivity index (χ1n) is 4.94. The van der Waals surface area contributed by atoms with E-state index in [9.17, 15) is 0 Å². The maximum Gasteiger partial charge on any atom is 0.148 e. The Morgan fingerprint density at radius 2 is 2.13 bits per heavy atom. The molecule has 0 aliphatic carbocycles. The molecular weight excluding hydrogens is 210 g/mol. The van der Waals surface area contributed by atoms with Gasteiger partial charge in [0.05, 0.1) is 0 Å². The molecule has 82 valence electrons. The average molecular weight is 225 g/mol. The minimum absolute atomic E-state index is 0.707. The molecule has 0 amide bonds. The highest BCUT2D eigenvalue weighted by molar-refractivity contribution is 7.99. The highest BCUT2D eigenvalue weighted by Gasteiger charge is 2.16. The molecule has 0 bridgehead atoms. The zero-order chi connectivity index (χ0) is 10.7. The molecule has 1 aliphatic heterocycles. The lowest BCUT2D eigenvalue weighted by Gasteiger charge is -2.28. The zero-order valence-corrected chi connectivity index (χ0v) is 9.55. The quantitative estimate of drug-likeness (QED) is 0.568. The first-order valence-corrected chi connectivity index (χ1v) is 6.09. The monoisotopic (exact) mass is 225 g/mol. The number of rotatable bonds is 2. The number of aromatic nitrogens is 2. The second-order valence-corrected chi connectivity index (χ2v) is 4.64. The average Bonchev–Trinajstić information content (AvgIpc) is 2.30. The van der Waals surface area contributed by atoms with Gasteiger partial charge in [-0.25, -0.2) is 15.8 Å². The molecule has 1 saturated heterocycles. The number of hydrogen-bond acceptors (Lipinski definition) is 6. The number of hydrazine groups is 1. The van der Waals surface area contributed by atoms with Crippen molar-refractivity contribution >= 4 is 23.4 Å².